The zero-order chi connectivity index (χ0) is 23.1. The maximum Gasteiger partial charge on any atom is 0.269 e. The number of rotatable bonds is 9. The molecular weight excluding hydrogens is 432 g/mol. The molecule has 0 saturated carbocycles. The van der Waals surface area contributed by atoms with Crippen LogP contribution in [0, 0.1) is 10.1 Å². The van der Waals surface area contributed by atoms with Gasteiger partial charge in [0, 0.05) is 29.9 Å². The van der Waals surface area contributed by atoms with Gasteiger partial charge in [0.25, 0.3) is 11.6 Å². The number of anilines is 1. The van der Waals surface area contributed by atoms with Gasteiger partial charge in [0.15, 0.2) is 11.0 Å². The molecule has 0 aliphatic carbocycles. The summed E-state index contributed by atoms with van der Waals surface area (Å²) in [5.41, 5.74) is 0.977. The van der Waals surface area contributed by atoms with Crippen molar-refractivity contribution >= 4 is 35.0 Å². The molecule has 0 fully saturated rings. The Labute approximate surface area is 188 Å². The average molecular weight is 455 g/mol. The van der Waals surface area contributed by atoms with Crippen LogP contribution in [-0.2, 0) is 11.3 Å². The summed E-state index contributed by atoms with van der Waals surface area (Å²) in [7, 11) is 0. The third-order valence-electron chi connectivity index (χ3n) is 4.53. The lowest BCUT2D eigenvalue weighted by molar-refractivity contribution is -0.384. The lowest BCUT2D eigenvalue weighted by Gasteiger charge is -2.15. The molecule has 1 heterocycles. The van der Waals surface area contributed by atoms with Crippen molar-refractivity contribution in [3.63, 3.8) is 0 Å². The van der Waals surface area contributed by atoms with E-state index >= 15 is 0 Å². The molecule has 3 rings (SSSR count). The SMILES string of the molecule is CCn1c(SCC(=O)Nc2ccc([N+](=O)[O-])cc2)nnc1[C@@H](C)NC(=O)c1ccccc1. The summed E-state index contributed by atoms with van der Waals surface area (Å²) < 4.78 is 1.85. The molecule has 0 radical (unpaired) electrons. The summed E-state index contributed by atoms with van der Waals surface area (Å²) in [5, 5.41) is 25.2. The van der Waals surface area contributed by atoms with Crippen molar-refractivity contribution in [2.75, 3.05) is 11.1 Å². The summed E-state index contributed by atoms with van der Waals surface area (Å²) in [6.07, 6.45) is 0. The molecule has 2 N–H and O–H groups in total. The fraction of sp³-hybridized carbons (Fsp3) is 0.238. The quantitative estimate of drug-likeness (QED) is 0.288. The number of hydrogen-bond acceptors (Lipinski definition) is 7. The van der Waals surface area contributed by atoms with Crippen LogP contribution in [-0.4, -0.2) is 37.3 Å². The van der Waals surface area contributed by atoms with E-state index in [2.05, 4.69) is 20.8 Å². The number of hydrogen-bond donors (Lipinski definition) is 2. The molecule has 11 heteroatoms. The number of nitrogens with one attached hydrogen (secondary N) is 2. The Kier molecular flexibility index (Phi) is 7.55. The second kappa shape index (κ2) is 10.5. The number of non-ortho nitro benzene ring substituents is 1. The smallest absolute Gasteiger partial charge is 0.269 e. The predicted molar refractivity (Wildman–Crippen MR) is 120 cm³/mol. The molecule has 10 nitrogen and oxygen atoms in total. The summed E-state index contributed by atoms with van der Waals surface area (Å²) >= 11 is 1.22. The fourth-order valence-electron chi connectivity index (χ4n) is 2.95. The Balaban J connectivity index is 1.59. The molecular formula is C21H22N6O4S. The Bertz CT molecular complexity index is 1100. The van der Waals surface area contributed by atoms with Gasteiger partial charge in [-0.1, -0.05) is 30.0 Å². The van der Waals surface area contributed by atoms with E-state index in [0.29, 0.717) is 28.8 Å². The Morgan fingerprint density at radius 2 is 1.81 bits per heavy atom. The van der Waals surface area contributed by atoms with Crippen LogP contribution < -0.4 is 10.6 Å². The van der Waals surface area contributed by atoms with Crippen molar-refractivity contribution < 1.29 is 14.5 Å². The van der Waals surface area contributed by atoms with E-state index in [0.717, 1.165) is 0 Å². The number of aromatic nitrogens is 3. The van der Waals surface area contributed by atoms with Gasteiger partial charge in [0.2, 0.25) is 5.91 Å². The van der Waals surface area contributed by atoms with E-state index in [1.807, 2.05) is 24.5 Å². The van der Waals surface area contributed by atoms with Crippen molar-refractivity contribution in [3.05, 3.63) is 76.1 Å². The predicted octanol–water partition coefficient (Wildman–Crippen LogP) is 3.43. The lowest BCUT2D eigenvalue weighted by atomic mass is 10.2. The van der Waals surface area contributed by atoms with Gasteiger partial charge in [-0.05, 0) is 38.1 Å². The van der Waals surface area contributed by atoms with Gasteiger partial charge >= 0.3 is 0 Å². The number of nitrogens with zero attached hydrogens (tertiary/aromatic N) is 4. The van der Waals surface area contributed by atoms with Crippen LogP contribution in [0.25, 0.3) is 0 Å². The first-order valence-corrected chi connectivity index (χ1v) is 10.8. The Morgan fingerprint density at radius 3 is 2.44 bits per heavy atom. The molecule has 0 bridgehead atoms. The van der Waals surface area contributed by atoms with Crippen molar-refractivity contribution in [2.24, 2.45) is 0 Å². The van der Waals surface area contributed by atoms with Crippen molar-refractivity contribution in [2.45, 2.75) is 31.6 Å². The number of carbonyl (C=O) groups is 2. The summed E-state index contributed by atoms with van der Waals surface area (Å²) in [5.74, 6) is 0.192. The number of carbonyl (C=O) groups excluding carboxylic acids is 2. The van der Waals surface area contributed by atoms with E-state index < -0.39 is 4.92 Å². The molecule has 1 aromatic heterocycles. The highest BCUT2D eigenvalue weighted by Crippen LogP contribution is 2.22. The molecule has 0 aliphatic heterocycles. The molecule has 0 saturated heterocycles. The first-order chi connectivity index (χ1) is 15.4. The Morgan fingerprint density at radius 1 is 1.12 bits per heavy atom. The van der Waals surface area contributed by atoms with Gasteiger partial charge in [-0.25, -0.2) is 0 Å². The number of amides is 2. The highest BCUT2D eigenvalue weighted by Gasteiger charge is 2.20. The van der Waals surface area contributed by atoms with Gasteiger partial charge in [0.1, 0.15) is 0 Å². The number of benzene rings is 2. The second-order valence-electron chi connectivity index (χ2n) is 6.79. The van der Waals surface area contributed by atoms with Crippen LogP contribution in [0.3, 0.4) is 0 Å². The van der Waals surface area contributed by atoms with E-state index in [9.17, 15) is 19.7 Å². The van der Waals surface area contributed by atoms with Crippen LogP contribution in [0.2, 0.25) is 0 Å². The van der Waals surface area contributed by atoms with E-state index in [1.165, 1.54) is 36.0 Å². The molecule has 166 valence electrons. The van der Waals surface area contributed by atoms with Gasteiger partial charge in [-0.15, -0.1) is 10.2 Å². The number of thioether (sulfide) groups is 1. The lowest BCUT2D eigenvalue weighted by Crippen LogP contribution is -2.28. The molecule has 0 aliphatic rings. The largest absolute Gasteiger partial charge is 0.342 e. The first kappa shape index (κ1) is 22.9. The minimum absolute atomic E-state index is 0.0468. The summed E-state index contributed by atoms with van der Waals surface area (Å²) in [6.45, 7) is 4.33. The standard InChI is InChI=1S/C21H22N6O4S/c1-3-26-19(14(2)22-20(29)15-7-5-4-6-8-15)24-25-21(26)32-13-18(28)23-16-9-11-17(12-10-16)27(30)31/h4-12,14H,3,13H2,1-2H3,(H,22,29)(H,23,28)/t14-/m1/s1. The van der Waals surface area contributed by atoms with Crippen LogP contribution in [0.5, 0.6) is 0 Å². The highest BCUT2D eigenvalue weighted by molar-refractivity contribution is 7.99. The van der Waals surface area contributed by atoms with Gasteiger partial charge in [-0.2, -0.15) is 0 Å². The maximum absolute atomic E-state index is 12.4. The second-order valence-corrected chi connectivity index (χ2v) is 7.73. The summed E-state index contributed by atoms with van der Waals surface area (Å²) in [4.78, 5) is 34.9. The zero-order valence-corrected chi connectivity index (χ0v) is 18.3. The van der Waals surface area contributed by atoms with Crippen LogP contribution in [0.15, 0.2) is 59.8 Å². The monoisotopic (exact) mass is 454 g/mol. The van der Waals surface area contributed by atoms with Gasteiger partial charge in [0.05, 0.1) is 16.7 Å². The number of nitro benzene ring substituents is 1. The van der Waals surface area contributed by atoms with E-state index in [4.69, 9.17) is 0 Å². The van der Waals surface area contributed by atoms with E-state index in [1.54, 1.807) is 24.3 Å². The van der Waals surface area contributed by atoms with Gasteiger partial charge in [-0.3, -0.25) is 19.7 Å². The topological polar surface area (TPSA) is 132 Å². The molecule has 2 aromatic carbocycles. The maximum atomic E-state index is 12.4. The average Bonchev–Trinajstić information content (AvgIpc) is 3.21. The normalized spacial score (nSPS) is 11.6. The zero-order valence-electron chi connectivity index (χ0n) is 17.5. The minimum Gasteiger partial charge on any atom is -0.342 e. The number of nitro groups is 1. The third-order valence-corrected chi connectivity index (χ3v) is 5.49. The summed E-state index contributed by atoms with van der Waals surface area (Å²) in [6, 6.07) is 14.1. The molecule has 3 aromatic rings. The molecule has 32 heavy (non-hydrogen) atoms. The van der Waals surface area contributed by atoms with Gasteiger partial charge < -0.3 is 15.2 Å². The van der Waals surface area contributed by atoms with Crippen molar-refractivity contribution in [3.8, 4) is 0 Å². The molecule has 0 spiro atoms. The minimum atomic E-state index is -0.500. The van der Waals surface area contributed by atoms with Crippen molar-refractivity contribution in [1.82, 2.24) is 20.1 Å². The van der Waals surface area contributed by atoms with Crippen LogP contribution in [0.4, 0.5) is 11.4 Å². The van der Waals surface area contributed by atoms with E-state index in [-0.39, 0.29) is 29.3 Å². The molecule has 0 unspecified atom stereocenters. The third kappa shape index (κ3) is 5.70. The first-order valence-electron chi connectivity index (χ1n) is 9.85. The van der Waals surface area contributed by atoms with Crippen LogP contribution >= 0.6 is 11.8 Å². The van der Waals surface area contributed by atoms with Crippen molar-refractivity contribution in [1.29, 1.82) is 0 Å². The van der Waals surface area contributed by atoms with Crippen LogP contribution in [0.1, 0.15) is 36.1 Å². The highest BCUT2D eigenvalue weighted by atomic mass is 32.2. The molecule has 2 amide bonds. The fourth-order valence-corrected chi connectivity index (χ4v) is 3.76. The Hall–Kier alpha value is -3.73. The molecule has 1 atom stereocenters.